The van der Waals surface area contributed by atoms with Gasteiger partial charge in [0.2, 0.25) is 0 Å². The number of hydrogen-bond acceptors (Lipinski definition) is 1. The third-order valence-electron chi connectivity index (χ3n) is 4.31. The minimum Gasteiger partial charge on any atom is -0.349 e. The zero-order chi connectivity index (χ0) is 17.9. The van der Waals surface area contributed by atoms with E-state index in [0.717, 1.165) is 30.3 Å². The lowest BCUT2D eigenvalue weighted by atomic mass is 10.0. The lowest BCUT2D eigenvalue weighted by molar-refractivity contribution is 0.403. The molecule has 134 valence electrons. The second-order valence-corrected chi connectivity index (χ2v) is 6.87. The first-order valence-corrected chi connectivity index (χ1v) is 9.82. The standard InChI is InChI=1S/C22H30N2S/c1-3-5-16-24(17-6-4-2)22(25)23-21-14-12-20(13-15-21)18-19-10-8-7-9-11-19/h7-15H,3-6,16-18H2,1-2H3,(H,23,25). The van der Waals surface area contributed by atoms with Crippen LogP contribution in [0.25, 0.3) is 0 Å². The van der Waals surface area contributed by atoms with E-state index in [4.69, 9.17) is 12.2 Å². The third-order valence-corrected chi connectivity index (χ3v) is 4.67. The molecule has 0 spiro atoms. The average Bonchev–Trinajstić information content (AvgIpc) is 2.64. The molecule has 0 unspecified atom stereocenters. The van der Waals surface area contributed by atoms with Crippen molar-refractivity contribution in [2.24, 2.45) is 0 Å². The summed E-state index contributed by atoms with van der Waals surface area (Å²) >= 11 is 5.64. The summed E-state index contributed by atoms with van der Waals surface area (Å²) in [5, 5.41) is 4.25. The Hall–Kier alpha value is -1.87. The van der Waals surface area contributed by atoms with Gasteiger partial charge in [0.25, 0.3) is 0 Å². The van der Waals surface area contributed by atoms with Crippen molar-refractivity contribution in [3.8, 4) is 0 Å². The van der Waals surface area contributed by atoms with E-state index in [2.05, 4.69) is 78.7 Å². The van der Waals surface area contributed by atoms with Crippen LogP contribution in [0.5, 0.6) is 0 Å². The number of thiocarbonyl (C=S) groups is 1. The van der Waals surface area contributed by atoms with Gasteiger partial charge >= 0.3 is 0 Å². The highest BCUT2D eigenvalue weighted by atomic mass is 32.1. The van der Waals surface area contributed by atoms with Crippen LogP contribution in [-0.4, -0.2) is 23.1 Å². The first kappa shape index (κ1) is 19.5. The highest BCUT2D eigenvalue weighted by Gasteiger charge is 2.09. The Bertz CT molecular complexity index is 614. The fourth-order valence-electron chi connectivity index (χ4n) is 2.75. The van der Waals surface area contributed by atoms with Gasteiger partial charge in [-0.25, -0.2) is 0 Å². The van der Waals surface area contributed by atoms with Crippen LogP contribution < -0.4 is 5.32 Å². The molecule has 0 saturated carbocycles. The number of rotatable bonds is 9. The van der Waals surface area contributed by atoms with E-state index in [0.29, 0.717) is 0 Å². The van der Waals surface area contributed by atoms with Crippen molar-refractivity contribution in [3.63, 3.8) is 0 Å². The Balaban J connectivity index is 1.92. The van der Waals surface area contributed by atoms with E-state index < -0.39 is 0 Å². The molecule has 25 heavy (non-hydrogen) atoms. The zero-order valence-electron chi connectivity index (χ0n) is 15.5. The summed E-state index contributed by atoms with van der Waals surface area (Å²) in [5.74, 6) is 0. The third kappa shape index (κ3) is 6.87. The van der Waals surface area contributed by atoms with Crippen molar-refractivity contribution in [2.45, 2.75) is 46.0 Å². The SMILES string of the molecule is CCCCN(CCCC)C(=S)Nc1ccc(Cc2ccccc2)cc1. The van der Waals surface area contributed by atoms with Crippen molar-refractivity contribution >= 4 is 23.0 Å². The van der Waals surface area contributed by atoms with E-state index in [9.17, 15) is 0 Å². The molecule has 0 aliphatic carbocycles. The maximum atomic E-state index is 5.64. The fourth-order valence-corrected chi connectivity index (χ4v) is 3.05. The summed E-state index contributed by atoms with van der Waals surface area (Å²) in [7, 11) is 0. The van der Waals surface area contributed by atoms with Crippen LogP contribution in [0.15, 0.2) is 54.6 Å². The molecule has 3 heteroatoms. The number of nitrogens with zero attached hydrogens (tertiary/aromatic N) is 1. The summed E-state index contributed by atoms with van der Waals surface area (Å²) in [4.78, 5) is 2.31. The van der Waals surface area contributed by atoms with Crippen LogP contribution in [0.1, 0.15) is 50.7 Å². The van der Waals surface area contributed by atoms with Crippen molar-refractivity contribution in [3.05, 3.63) is 65.7 Å². The van der Waals surface area contributed by atoms with Crippen LogP contribution in [0, 0.1) is 0 Å². The Kier molecular flexibility index (Phi) is 8.47. The topological polar surface area (TPSA) is 15.3 Å². The van der Waals surface area contributed by atoms with Crippen molar-refractivity contribution < 1.29 is 0 Å². The second kappa shape index (κ2) is 10.9. The number of anilines is 1. The van der Waals surface area contributed by atoms with Gasteiger partial charge < -0.3 is 10.2 Å². The summed E-state index contributed by atoms with van der Waals surface area (Å²) in [6.07, 6.45) is 5.71. The molecule has 0 aromatic heterocycles. The Labute approximate surface area is 158 Å². The average molecular weight is 355 g/mol. The first-order chi connectivity index (χ1) is 12.2. The van der Waals surface area contributed by atoms with E-state index in [1.807, 2.05) is 0 Å². The van der Waals surface area contributed by atoms with Gasteiger partial charge in [-0.1, -0.05) is 69.2 Å². The van der Waals surface area contributed by atoms with Gasteiger partial charge in [-0.15, -0.1) is 0 Å². The maximum Gasteiger partial charge on any atom is 0.173 e. The molecule has 2 aromatic carbocycles. The van der Waals surface area contributed by atoms with E-state index in [1.165, 1.54) is 36.8 Å². The molecule has 1 N–H and O–H groups in total. The van der Waals surface area contributed by atoms with Gasteiger partial charge in [0.05, 0.1) is 0 Å². The highest BCUT2D eigenvalue weighted by Crippen LogP contribution is 2.14. The number of hydrogen-bond donors (Lipinski definition) is 1. The van der Waals surface area contributed by atoms with Crippen LogP contribution in [-0.2, 0) is 6.42 Å². The molecule has 2 rings (SSSR count). The van der Waals surface area contributed by atoms with Crippen molar-refractivity contribution in [1.29, 1.82) is 0 Å². The van der Waals surface area contributed by atoms with Gasteiger partial charge in [0, 0.05) is 18.8 Å². The van der Waals surface area contributed by atoms with Crippen LogP contribution in [0.2, 0.25) is 0 Å². The van der Waals surface area contributed by atoms with Crippen molar-refractivity contribution in [1.82, 2.24) is 4.90 Å². The quantitative estimate of drug-likeness (QED) is 0.566. The Morgan fingerprint density at radius 1 is 0.840 bits per heavy atom. The van der Waals surface area contributed by atoms with E-state index in [-0.39, 0.29) is 0 Å². The molecule has 0 amide bonds. The molecular weight excluding hydrogens is 324 g/mol. The van der Waals surface area contributed by atoms with Crippen LogP contribution in [0.4, 0.5) is 5.69 Å². The Morgan fingerprint density at radius 3 is 1.96 bits per heavy atom. The van der Waals surface area contributed by atoms with Crippen LogP contribution in [0.3, 0.4) is 0 Å². The van der Waals surface area contributed by atoms with Gasteiger partial charge in [-0.05, 0) is 54.7 Å². The maximum absolute atomic E-state index is 5.64. The summed E-state index contributed by atoms with van der Waals surface area (Å²) in [6, 6.07) is 19.2. The monoisotopic (exact) mass is 354 g/mol. The molecular formula is C22H30N2S. The minimum atomic E-state index is 0.845. The lowest BCUT2D eigenvalue weighted by Gasteiger charge is -2.25. The predicted octanol–water partition coefficient (Wildman–Crippen LogP) is 5.88. The molecule has 0 atom stereocenters. The summed E-state index contributed by atoms with van der Waals surface area (Å²) in [5.41, 5.74) is 3.72. The second-order valence-electron chi connectivity index (χ2n) is 6.48. The molecule has 0 saturated heterocycles. The molecule has 2 nitrogen and oxygen atoms in total. The molecule has 0 aliphatic rings. The molecule has 0 heterocycles. The Morgan fingerprint density at radius 2 is 1.40 bits per heavy atom. The molecule has 0 bridgehead atoms. The first-order valence-electron chi connectivity index (χ1n) is 9.41. The number of unbranched alkanes of at least 4 members (excludes halogenated alkanes) is 2. The van der Waals surface area contributed by atoms with Crippen LogP contribution >= 0.6 is 12.2 Å². The van der Waals surface area contributed by atoms with Gasteiger partial charge in [0.15, 0.2) is 5.11 Å². The highest BCUT2D eigenvalue weighted by molar-refractivity contribution is 7.80. The summed E-state index contributed by atoms with van der Waals surface area (Å²) in [6.45, 7) is 6.52. The van der Waals surface area contributed by atoms with Gasteiger partial charge in [-0.3, -0.25) is 0 Å². The lowest BCUT2D eigenvalue weighted by Crippen LogP contribution is -2.36. The summed E-state index contributed by atoms with van der Waals surface area (Å²) < 4.78 is 0. The molecule has 0 fully saturated rings. The number of benzene rings is 2. The van der Waals surface area contributed by atoms with Gasteiger partial charge in [-0.2, -0.15) is 0 Å². The van der Waals surface area contributed by atoms with Gasteiger partial charge in [0.1, 0.15) is 0 Å². The molecule has 0 radical (unpaired) electrons. The smallest absolute Gasteiger partial charge is 0.173 e. The van der Waals surface area contributed by atoms with Crippen molar-refractivity contribution in [2.75, 3.05) is 18.4 Å². The molecule has 0 aliphatic heterocycles. The normalized spacial score (nSPS) is 10.5. The largest absolute Gasteiger partial charge is 0.349 e. The van der Waals surface area contributed by atoms with E-state index >= 15 is 0 Å². The zero-order valence-corrected chi connectivity index (χ0v) is 16.3. The fraction of sp³-hybridized carbons (Fsp3) is 0.409. The van der Waals surface area contributed by atoms with E-state index in [1.54, 1.807) is 0 Å². The molecule has 2 aromatic rings. The predicted molar refractivity (Wildman–Crippen MR) is 113 cm³/mol. The number of nitrogens with one attached hydrogen (secondary N) is 1. The minimum absolute atomic E-state index is 0.845.